The van der Waals surface area contributed by atoms with Crippen LogP contribution in [0.15, 0.2) is 53.4 Å². The number of hydrogen-bond acceptors (Lipinski definition) is 2. The first-order valence-electron chi connectivity index (χ1n) is 5.73. The van der Waals surface area contributed by atoms with Crippen LogP contribution in [0.25, 0.3) is 0 Å². The fourth-order valence-corrected chi connectivity index (χ4v) is 3.05. The molecular weight excluding hydrogens is 282 g/mol. The lowest BCUT2D eigenvalue weighted by Crippen LogP contribution is -2.26. The van der Waals surface area contributed by atoms with E-state index in [2.05, 4.69) is 0 Å². The highest BCUT2D eigenvalue weighted by atomic mass is 35.5. The zero-order chi connectivity index (χ0) is 14.0. The maximum atomic E-state index is 12.4. The Bertz CT molecular complexity index is 684. The van der Waals surface area contributed by atoms with Crippen molar-refractivity contribution < 1.29 is 8.42 Å². The SMILES string of the molecule is Cc1ccc(N(C)S(=O)(=O)c2ccccc2)cc1Cl. The molecule has 0 fully saturated rings. The molecule has 2 aromatic carbocycles. The molecule has 0 spiro atoms. The van der Waals surface area contributed by atoms with Crippen LogP contribution in [0.2, 0.25) is 5.02 Å². The largest absolute Gasteiger partial charge is 0.269 e. The molecule has 5 heteroatoms. The van der Waals surface area contributed by atoms with Gasteiger partial charge in [0.15, 0.2) is 0 Å². The predicted octanol–water partition coefficient (Wildman–Crippen LogP) is 3.47. The number of nitrogens with zero attached hydrogens (tertiary/aromatic N) is 1. The van der Waals surface area contributed by atoms with Gasteiger partial charge in [-0.2, -0.15) is 0 Å². The summed E-state index contributed by atoms with van der Waals surface area (Å²) in [5.41, 5.74) is 1.45. The third-order valence-electron chi connectivity index (χ3n) is 2.92. The number of hydrogen-bond donors (Lipinski definition) is 0. The molecule has 3 nitrogen and oxygen atoms in total. The fourth-order valence-electron chi connectivity index (χ4n) is 1.67. The maximum absolute atomic E-state index is 12.4. The van der Waals surface area contributed by atoms with E-state index in [4.69, 9.17) is 11.6 Å². The van der Waals surface area contributed by atoms with Crippen molar-refractivity contribution in [2.45, 2.75) is 11.8 Å². The zero-order valence-corrected chi connectivity index (χ0v) is 12.2. The average Bonchev–Trinajstić information content (AvgIpc) is 2.42. The molecule has 0 saturated carbocycles. The van der Waals surface area contributed by atoms with Crippen molar-refractivity contribution in [2.75, 3.05) is 11.4 Å². The van der Waals surface area contributed by atoms with Crippen LogP contribution < -0.4 is 4.31 Å². The van der Waals surface area contributed by atoms with Crippen molar-refractivity contribution in [3.05, 3.63) is 59.1 Å². The molecule has 0 aliphatic heterocycles. The lowest BCUT2D eigenvalue weighted by atomic mass is 10.2. The van der Waals surface area contributed by atoms with Gasteiger partial charge < -0.3 is 0 Å². The molecule has 2 aromatic rings. The molecule has 0 amide bonds. The third-order valence-corrected chi connectivity index (χ3v) is 5.13. The van der Waals surface area contributed by atoms with Crippen LogP contribution in [0, 0.1) is 6.92 Å². The lowest BCUT2D eigenvalue weighted by Gasteiger charge is -2.20. The fraction of sp³-hybridized carbons (Fsp3) is 0.143. The van der Waals surface area contributed by atoms with Gasteiger partial charge in [-0.25, -0.2) is 8.42 Å². The van der Waals surface area contributed by atoms with Gasteiger partial charge in [0.25, 0.3) is 10.0 Å². The minimum absolute atomic E-state index is 0.259. The van der Waals surface area contributed by atoms with Gasteiger partial charge in [0.1, 0.15) is 0 Å². The van der Waals surface area contributed by atoms with Gasteiger partial charge in [0.05, 0.1) is 10.6 Å². The van der Waals surface area contributed by atoms with Crippen LogP contribution in [0.4, 0.5) is 5.69 Å². The number of sulfonamides is 1. The van der Waals surface area contributed by atoms with Crippen molar-refractivity contribution >= 4 is 27.3 Å². The molecule has 0 unspecified atom stereocenters. The molecular formula is C14H14ClNO2S. The van der Waals surface area contributed by atoms with E-state index in [0.29, 0.717) is 10.7 Å². The Morgan fingerprint density at radius 2 is 1.68 bits per heavy atom. The molecule has 2 rings (SSSR count). The molecule has 0 N–H and O–H groups in total. The van der Waals surface area contributed by atoms with Crippen LogP contribution >= 0.6 is 11.6 Å². The maximum Gasteiger partial charge on any atom is 0.264 e. The van der Waals surface area contributed by atoms with Crippen LogP contribution in [0.5, 0.6) is 0 Å². The monoisotopic (exact) mass is 295 g/mol. The van der Waals surface area contributed by atoms with Crippen molar-refractivity contribution in [3.63, 3.8) is 0 Å². The summed E-state index contributed by atoms with van der Waals surface area (Å²) >= 11 is 6.03. The van der Waals surface area contributed by atoms with Crippen LogP contribution in [-0.2, 0) is 10.0 Å². The molecule has 0 aliphatic rings. The van der Waals surface area contributed by atoms with E-state index in [1.165, 1.54) is 11.4 Å². The number of rotatable bonds is 3. The van der Waals surface area contributed by atoms with Crippen molar-refractivity contribution in [2.24, 2.45) is 0 Å². The summed E-state index contributed by atoms with van der Waals surface area (Å²) < 4.78 is 26.1. The highest BCUT2D eigenvalue weighted by Crippen LogP contribution is 2.26. The first kappa shape index (κ1) is 13.9. The molecule has 0 aromatic heterocycles. The van der Waals surface area contributed by atoms with Gasteiger partial charge in [0.2, 0.25) is 0 Å². The molecule has 0 aliphatic carbocycles. The second-order valence-electron chi connectivity index (χ2n) is 4.22. The summed E-state index contributed by atoms with van der Waals surface area (Å²) in [6.45, 7) is 1.87. The van der Waals surface area contributed by atoms with Gasteiger partial charge in [-0.15, -0.1) is 0 Å². The topological polar surface area (TPSA) is 37.4 Å². The quantitative estimate of drug-likeness (QED) is 0.869. The highest BCUT2D eigenvalue weighted by Gasteiger charge is 2.21. The van der Waals surface area contributed by atoms with E-state index >= 15 is 0 Å². The second-order valence-corrected chi connectivity index (χ2v) is 6.60. The smallest absolute Gasteiger partial charge is 0.264 e. The van der Waals surface area contributed by atoms with E-state index in [9.17, 15) is 8.42 Å². The normalized spacial score (nSPS) is 11.3. The molecule has 0 bridgehead atoms. The Morgan fingerprint density at radius 3 is 2.26 bits per heavy atom. The summed E-state index contributed by atoms with van der Waals surface area (Å²) in [4.78, 5) is 0.259. The van der Waals surface area contributed by atoms with Gasteiger partial charge in [-0.05, 0) is 36.8 Å². The molecule has 100 valence electrons. The van der Waals surface area contributed by atoms with E-state index in [-0.39, 0.29) is 4.90 Å². The van der Waals surface area contributed by atoms with E-state index in [1.807, 2.05) is 6.92 Å². The van der Waals surface area contributed by atoms with Gasteiger partial charge in [-0.3, -0.25) is 4.31 Å². The summed E-state index contributed by atoms with van der Waals surface area (Å²) in [7, 11) is -2.03. The highest BCUT2D eigenvalue weighted by molar-refractivity contribution is 7.92. The summed E-state index contributed by atoms with van der Waals surface area (Å²) in [6.07, 6.45) is 0. The van der Waals surface area contributed by atoms with Crippen molar-refractivity contribution in [1.82, 2.24) is 0 Å². The third kappa shape index (κ3) is 2.74. The van der Waals surface area contributed by atoms with Gasteiger partial charge in [-0.1, -0.05) is 35.9 Å². The standard InChI is InChI=1S/C14H14ClNO2S/c1-11-8-9-12(10-14(11)15)16(2)19(17,18)13-6-4-3-5-7-13/h3-10H,1-2H3. The molecule has 19 heavy (non-hydrogen) atoms. The van der Waals surface area contributed by atoms with E-state index in [1.54, 1.807) is 48.5 Å². The summed E-state index contributed by atoms with van der Waals surface area (Å²) in [6, 6.07) is 13.5. The van der Waals surface area contributed by atoms with Gasteiger partial charge in [0, 0.05) is 12.1 Å². The number of aryl methyl sites for hydroxylation is 1. The second kappa shape index (κ2) is 5.23. The molecule has 0 heterocycles. The Labute approximate surface area is 118 Å². The number of halogens is 1. The predicted molar refractivity (Wildman–Crippen MR) is 78.2 cm³/mol. The zero-order valence-electron chi connectivity index (χ0n) is 10.7. The van der Waals surface area contributed by atoms with Crippen molar-refractivity contribution in [1.29, 1.82) is 0 Å². The summed E-state index contributed by atoms with van der Waals surface area (Å²) in [5, 5.41) is 0.549. The Kier molecular flexibility index (Phi) is 3.83. The van der Waals surface area contributed by atoms with E-state index in [0.717, 1.165) is 5.56 Å². The van der Waals surface area contributed by atoms with Crippen LogP contribution in [0.1, 0.15) is 5.56 Å². The molecule has 0 radical (unpaired) electrons. The van der Waals surface area contributed by atoms with Gasteiger partial charge >= 0.3 is 0 Å². The van der Waals surface area contributed by atoms with Crippen molar-refractivity contribution in [3.8, 4) is 0 Å². The van der Waals surface area contributed by atoms with Crippen LogP contribution in [0.3, 0.4) is 0 Å². The number of benzene rings is 2. The Morgan fingerprint density at radius 1 is 1.05 bits per heavy atom. The number of anilines is 1. The summed E-state index contributed by atoms with van der Waals surface area (Å²) in [5.74, 6) is 0. The first-order chi connectivity index (χ1) is 8.93. The van der Waals surface area contributed by atoms with E-state index < -0.39 is 10.0 Å². The minimum atomic E-state index is -3.55. The lowest BCUT2D eigenvalue weighted by molar-refractivity contribution is 0.594. The average molecular weight is 296 g/mol. The Hall–Kier alpha value is -1.52. The van der Waals surface area contributed by atoms with Crippen LogP contribution in [-0.4, -0.2) is 15.5 Å². The molecule has 0 saturated heterocycles. The Balaban J connectivity index is 2.44. The minimum Gasteiger partial charge on any atom is -0.269 e. The first-order valence-corrected chi connectivity index (χ1v) is 7.55. The molecule has 0 atom stereocenters.